The molecule has 0 aromatic carbocycles. The van der Waals surface area contributed by atoms with Crippen molar-refractivity contribution in [3.8, 4) is 0 Å². The third-order valence-corrected chi connectivity index (χ3v) is 5.62. The predicted octanol–water partition coefficient (Wildman–Crippen LogP) is 2.99. The number of aromatic nitrogens is 2. The molecule has 2 heterocycles. The fourth-order valence-electron chi connectivity index (χ4n) is 3.12. The van der Waals surface area contributed by atoms with Crippen LogP contribution in [0.25, 0.3) is 10.2 Å². The van der Waals surface area contributed by atoms with Crippen LogP contribution >= 0.6 is 11.3 Å². The van der Waals surface area contributed by atoms with Crippen molar-refractivity contribution in [1.29, 1.82) is 0 Å². The van der Waals surface area contributed by atoms with E-state index in [1.54, 1.807) is 11.3 Å². The molecule has 1 unspecified atom stereocenters. The first-order chi connectivity index (χ1) is 8.56. The van der Waals surface area contributed by atoms with E-state index in [2.05, 4.69) is 18.8 Å². The largest absolute Gasteiger partial charge is 0.310 e. The Morgan fingerprint density at radius 1 is 1.39 bits per heavy atom. The van der Waals surface area contributed by atoms with Crippen LogP contribution in [0.2, 0.25) is 0 Å². The fourth-order valence-corrected chi connectivity index (χ4v) is 4.39. The molecule has 0 aliphatic heterocycles. The Morgan fingerprint density at radius 2 is 2.17 bits per heavy atom. The molecule has 18 heavy (non-hydrogen) atoms. The number of rotatable bonds is 1. The standard InChI is InChI=1S/C14H16N2OS/c1-14(2)6-8(14)11-15-12(17)10-7-4-3-5-9(7)18-13(10)16-11/h8H,3-6H2,1-2H3,(H,15,16,17). The second kappa shape index (κ2) is 3.23. The monoisotopic (exact) mass is 260 g/mol. The van der Waals surface area contributed by atoms with E-state index in [1.165, 1.54) is 16.9 Å². The van der Waals surface area contributed by atoms with Crippen LogP contribution in [0.5, 0.6) is 0 Å². The Hall–Kier alpha value is -1.16. The van der Waals surface area contributed by atoms with Gasteiger partial charge in [-0.05, 0) is 36.7 Å². The van der Waals surface area contributed by atoms with Crippen LogP contribution in [0.4, 0.5) is 0 Å². The number of thiophene rings is 1. The Kier molecular flexibility index (Phi) is 1.93. The molecular formula is C14H16N2OS. The van der Waals surface area contributed by atoms with Crippen molar-refractivity contribution in [1.82, 2.24) is 9.97 Å². The van der Waals surface area contributed by atoms with Crippen LogP contribution in [0.1, 0.15) is 48.9 Å². The minimum atomic E-state index is 0.0806. The number of nitrogens with one attached hydrogen (secondary N) is 1. The highest BCUT2D eigenvalue weighted by Crippen LogP contribution is 2.57. The van der Waals surface area contributed by atoms with Crippen LogP contribution in [0, 0.1) is 5.41 Å². The van der Waals surface area contributed by atoms with Crippen LogP contribution in [0.3, 0.4) is 0 Å². The zero-order chi connectivity index (χ0) is 12.5. The van der Waals surface area contributed by atoms with Crippen molar-refractivity contribution in [2.75, 3.05) is 0 Å². The minimum Gasteiger partial charge on any atom is -0.310 e. The molecule has 4 rings (SSSR count). The van der Waals surface area contributed by atoms with Crippen LogP contribution < -0.4 is 5.56 Å². The van der Waals surface area contributed by atoms with Gasteiger partial charge in [-0.15, -0.1) is 11.3 Å². The van der Waals surface area contributed by atoms with Crippen molar-refractivity contribution in [3.63, 3.8) is 0 Å². The molecule has 0 saturated heterocycles. The summed E-state index contributed by atoms with van der Waals surface area (Å²) in [6.45, 7) is 4.46. The van der Waals surface area contributed by atoms with Gasteiger partial charge in [0.05, 0.1) is 5.39 Å². The highest BCUT2D eigenvalue weighted by Gasteiger charge is 2.48. The molecule has 2 aromatic rings. The maximum Gasteiger partial charge on any atom is 0.259 e. The molecule has 0 bridgehead atoms. The lowest BCUT2D eigenvalue weighted by atomic mass is 10.1. The molecule has 1 fully saturated rings. The van der Waals surface area contributed by atoms with E-state index >= 15 is 0 Å². The molecule has 4 heteroatoms. The van der Waals surface area contributed by atoms with Gasteiger partial charge in [0.2, 0.25) is 0 Å². The predicted molar refractivity (Wildman–Crippen MR) is 73.4 cm³/mol. The van der Waals surface area contributed by atoms with Gasteiger partial charge >= 0.3 is 0 Å². The first-order valence-electron chi connectivity index (χ1n) is 6.61. The van der Waals surface area contributed by atoms with Crippen molar-refractivity contribution in [2.45, 2.75) is 45.4 Å². The Bertz CT molecular complexity index is 710. The Morgan fingerprint density at radius 3 is 2.89 bits per heavy atom. The second-order valence-corrected chi connectivity index (χ2v) is 7.32. The van der Waals surface area contributed by atoms with Gasteiger partial charge in [0.15, 0.2) is 0 Å². The van der Waals surface area contributed by atoms with E-state index in [-0.39, 0.29) is 5.56 Å². The number of H-pyrrole nitrogens is 1. The summed E-state index contributed by atoms with van der Waals surface area (Å²) in [7, 11) is 0. The number of nitrogens with zero attached hydrogens (tertiary/aromatic N) is 1. The van der Waals surface area contributed by atoms with Gasteiger partial charge in [-0.25, -0.2) is 4.98 Å². The number of hydrogen-bond donors (Lipinski definition) is 1. The number of aromatic amines is 1. The van der Waals surface area contributed by atoms with Gasteiger partial charge in [-0.1, -0.05) is 13.8 Å². The van der Waals surface area contributed by atoms with E-state index in [0.717, 1.165) is 35.3 Å². The van der Waals surface area contributed by atoms with Gasteiger partial charge < -0.3 is 4.98 Å². The zero-order valence-electron chi connectivity index (χ0n) is 10.7. The molecule has 2 aliphatic carbocycles. The lowest BCUT2D eigenvalue weighted by molar-refractivity contribution is 0.609. The zero-order valence-corrected chi connectivity index (χ0v) is 11.5. The summed E-state index contributed by atoms with van der Waals surface area (Å²) in [4.78, 5) is 22.4. The Balaban J connectivity index is 1.93. The fraction of sp³-hybridized carbons (Fsp3) is 0.571. The number of aryl methyl sites for hydroxylation is 2. The van der Waals surface area contributed by atoms with Crippen molar-refractivity contribution in [2.24, 2.45) is 5.41 Å². The average Bonchev–Trinajstić information content (AvgIpc) is 2.66. The van der Waals surface area contributed by atoms with Crippen molar-refractivity contribution < 1.29 is 0 Å². The SMILES string of the molecule is CC1(C)CC1c1nc2sc3c(c2c(=O)[nH]1)CCC3. The minimum absolute atomic E-state index is 0.0806. The topological polar surface area (TPSA) is 45.8 Å². The molecule has 1 saturated carbocycles. The summed E-state index contributed by atoms with van der Waals surface area (Å²) in [6.07, 6.45) is 4.49. The van der Waals surface area contributed by atoms with Crippen molar-refractivity contribution >= 4 is 21.6 Å². The maximum atomic E-state index is 12.3. The van der Waals surface area contributed by atoms with Gasteiger partial charge in [0.1, 0.15) is 10.7 Å². The normalized spacial score (nSPS) is 24.4. The van der Waals surface area contributed by atoms with Crippen molar-refractivity contribution in [3.05, 3.63) is 26.6 Å². The summed E-state index contributed by atoms with van der Waals surface area (Å²) in [5.74, 6) is 1.34. The molecule has 2 aromatic heterocycles. The average molecular weight is 260 g/mol. The molecular weight excluding hydrogens is 244 g/mol. The third kappa shape index (κ3) is 1.35. The molecule has 2 aliphatic rings. The molecule has 3 nitrogen and oxygen atoms in total. The molecule has 1 N–H and O–H groups in total. The maximum absolute atomic E-state index is 12.3. The van der Waals surface area contributed by atoms with Crippen LogP contribution in [0.15, 0.2) is 4.79 Å². The Labute approximate surface area is 109 Å². The van der Waals surface area contributed by atoms with Gasteiger partial charge in [0, 0.05) is 10.8 Å². The summed E-state index contributed by atoms with van der Waals surface area (Å²) in [5.41, 5.74) is 1.66. The summed E-state index contributed by atoms with van der Waals surface area (Å²) < 4.78 is 0. The summed E-state index contributed by atoms with van der Waals surface area (Å²) >= 11 is 1.73. The van der Waals surface area contributed by atoms with E-state index in [9.17, 15) is 4.79 Å². The molecule has 0 amide bonds. The quantitative estimate of drug-likeness (QED) is 0.856. The van der Waals surface area contributed by atoms with E-state index < -0.39 is 0 Å². The molecule has 1 atom stereocenters. The number of hydrogen-bond acceptors (Lipinski definition) is 3. The van der Waals surface area contributed by atoms with E-state index in [0.29, 0.717) is 11.3 Å². The summed E-state index contributed by atoms with van der Waals surface area (Å²) in [5, 5.41) is 0.870. The summed E-state index contributed by atoms with van der Waals surface area (Å²) in [6, 6.07) is 0. The van der Waals surface area contributed by atoms with Crippen LogP contribution in [-0.2, 0) is 12.8 Å². The second-order valence-electron chi connectivity index (χ2n) is 6.23. The smallest absolute Gasteiger partial charge is 0.259 e. The molecule has 0 radical (unpaired) electrons. The van der Waals surface area contributed by atoms with Gasteiger partial charge in [-0.3, -0.25) is 4.79 Å². The highest BCUT2D eigenvalue weighted by atomic mass is 32.1. The number of fused-ring (bicyclic) bond motifs is 3. The van der Waals surface area contributed by atoms with Gasteiger partial charge in [0.25, 0.3) is 5.56 Å². The first kappa shape index (κ1) is 10.7. The van der Waals surface area contributed by atoms with Crippen LogP contribution in [-0.4, -0.2) is 9.97 Å². The third-order valence-electron chi connectivity index (χ3n) is 4.44. The molecule has 0 spiro atoms. The van der Waals surface area contributed by atoms with E-state index in [1.807, 2.05) is 0 Å². The highest BCUT2D eigenvalue weighted by molar-refractivity contribution is 7.18. The first-order valence-corrected chi connectivity index (χ1v) is 7.42. The lowest BCUT2D eigenvalue weighted by Crippen LogP contribution is -2.12. The van der Waals surface area contributed by atoms with Gasteiger partial charge in [-0.2, -0.15) is 0 Å². The molecule has 94 valence electrons. The lowest BCUT2D eigenvalue weighted by Gasteiger charge is -2.03. The van der Waals surface area contributed by atoms with E-state index in [4.69, 9.17) is 4.98 Å².